The lowest BCUT2D eigenvalue weighted by molar-refractivity contribution is -0.133. The van der Waals surface area contributed by atoms with Crippen LogP contribution in [0.3, 0.4) is 0 Å². The molecule has 0 radical (unpaired) electrons. The van der Waals surface area contributed by atoms with E-state index < -0.39 is 12.0 Å². The molecule has 1 aromatic rings. The van der Waals surface area contributed by atoms with E-state index in [1.165, 1.54) is 0 Å². The standard InChI is InChI=1S/C14H16Br2N2O3/c1-21-13-9(15)5-7(6-10(13)16)4-8-12(19)11(17)2-3-18-14(8)20/h5-6,8,11H,2-4,17H2,1H3,(H,18,20). The minimum atomic E-state index is -0.741. The van der Waals surface area contributed by atoms with Crippen LogP contribution in [0.15, 0.2) is 21.1 Å². The number of hydrogen-bond donors (Lipinski definition) is 2. The summed E-state index contributed by atoms with van der Waals surface area (Å²) in [4.78, 5) is 24.3. The highest BCUT2D eigenvalue weighted by molar-refractivity contribution is 9.11. The summed E-state index contributed by atoms with van der Waals surface area (Å²) in [6, 6.07) is 3.11. The highest BCUT2D eigenvalue weighted by atomic mass is 79.9. The molecule has 21 heavy (non-hydrogen) atoms. The van der Waals surface area contributed by atoms with Gasteiger partial charge in [-0.15, -0.1) is 0 Å². The van der Waals surface area contributed by atoms with Gasteiger partial charge in [0.2, 0.25) is 5.91 Å². The van der Waals surface area contributed by atoms with Crippen molar-refractivity contribution in [3.8, 4) is 5.75 Å². The number of benzene rings is 1. The number of carbonyl (C=O) groups excluding carboxylic acids is 2. The Balaban J connectivity index is 2.27. The van der Waals surface area contributed by atoms with Crippen molar-refractivity contribution < 1.29 is 14.3 Å². The number of halogens is 2. The Morgan fingerprint density at radius 3 is 2.52 bits per heavy atom. The lowest BCUT2D eigenvalue weighted by Crippen LogP contribution is -2.39. The minimum absolute atomic E-state index is 0.201. The third-order valence-corrected chi connectivity index (χ3v) is 4.66. The quantitative estimate of drug-likeness (QED) is 0.732. The molecule has 5 nitrogen and oxygen atoms in total. The summed E-state index contributed by atoms with van der Waals surface area (Å²) < 4.78 is 6.77. The zero-order chi connectivity index (χ0) is 15.6. The molecule has 1 amide bonds. The van der Waals surface area contributed by atoms with Crippen LogP contribution >= 0.6 is 31.9 Å². The van der Waals surface area contributed by atoms with E-state index in [0.717, 1.165) is 14.5 Å². The van der Waals surface area contributed by atoms with Crippen molar-refractivity contribution in [2.24, 2.45) is 11.7 Å². The molecule has 7 heteroatoms. The minimum Gasteiger partial charge on any atom is -0.494 e. The number of ether oxygens (including phenoxy) is 1. The van der Waals surface area contributed by atoms with Crippen molar-refractivity contribution in [3.05, 3.63) is 26.6 Å². The van der Waals surface area contributed by atoms with Crippen molar-refractivity contribution in [1.29, 1.82) is 0 Å². The van der Waals surface area contributed by atoms with Crippen LogP contribution in [0.5, 0.6) is 5.75 Å². The molecule has 1 aromatic carbocycles. The third-order valence-electron chi connectivity index (χ3n) is 3.48. The van der Waals surface area contributed by atoms with E-state index in [0.29, 0.717) is 25.1 Å². The normalized spacial score (nSPS) is 22.7. The van der Waals surface area contributed by atoms with Gasteiger partial charge in [0.05, 0.1) is 22.1 Å². The predicted octanol–water partition coefficient (Wildman–Crippen LogP) is 1.80. The maximum Gasteiger partial charge on any atom is 0.230 e. The highest BCUT2D eigenvalue weighted by Crippen LogP contribution is 2.35. The summed E-state index contributed by atoms with van der Waals surface area (Å²) in [6.07, 6.45) is 0.802. The molecule has 0 bridgehead atoms. The van der Waals surface area contributed by atoms with E-state index >= 15 is 0 Å². The van der Waals surface area contributed by atoms with Gasteiger partial charge in [-0.2, -0.15) is 0 Å². The van der Waals surface area contributed by atoms with Crippen molar-refractivity contribution in [3.63, 3.8) is 0 Å². The second-order valence-electron chi connectivity index (χ2n) is 4.94. The summed E-state index contributed by atoms with van der Waals surface area (Å²) >= 11 is 6.83. The van der Waals surface area contributed by atoms with Gasteiger partial charge >= 0.3 is 0 Å². The van der Waals surface area contributed by atoms with E-state index in [1.807, 2.05) is 12.1 Å². The van der Waals surface area contributed by atoms with Gasteiger partial charge in [0.15, 0.2) is 5.78 Å². The molecular weight excluding hydrogens is 404 g/mol. The van der Waals surface area contributed by atoms with Gasteiger partial charge in [-0.25, -0.2) is 0 Å². The van der Waals surface area contributed by atoms with Crippen LogP contribution in [-0.2, 0) is 16.0 Å². The second-order valence-corrected chi connectivity index (χ2v) is 6.65. The molecule has 1 aliphatic rings. The fourth-order valence-corrected chi connectivity index (χ4v) is 3.96. The van der Waals surface area contributed by atoms with Crippen molar-refractivity contribution in [1.82, 2.24) is 5.32 Å². The predicted molar refractivity (Wildman–Crippen MR) is 86.2 cm³/mol. The lowest BCUT2D eigenvalue weighted by Gasteiger charge is -2.16. The van der Waals surface area contributed by atoms with Crippen LogP contribution in [0.4, 0.5) is 0 Å². The van der Waals surface area contributed by atoms with Crippen molar-refractivity contribution >= 4 is 43.6 Å². The topological polar surface area (TPSA) is 81.4 Å². The molecule has 114 valence electrons. The number of amides is 1. The largest absolute Gasteiger partial charge is 0.494 e. The number of rotatable bonds is 3. The lowest BCUT2D eigenvalue weighted by atomic mass is 9.91. The van der Waals surface area contributed by atoms with E-state index in [4.69, 9.17) is 10.5 Å². The molecule has 1 heterocycles. The van der Waals surface area contributed by atoms with Crippen LogP contribution < -0.4 is 15.8 Å². The van der Waals surface area contributed by atoms with Gasteiger partial charge in [-0.3, -0.25) is 9.59 Å². The van der Waals surface area contributed by atoms with Crippen LogP contribution in [0.2, 0.25) is 0 Å². The summed E-state index contributed by atoms with van der Waals surface area (Å²) in [6.45, 7) is 0.443. The van der Waals surface area contributed by atoms with Gasteiger partial charge in [0.25, 0.3) is 0 Å². The van der Waals surface area contributed by atoms with E-state index in [-0.39, 0.29) is 11.7 Å². The molecule has 1 aliphatic heterocycles. The van der Waals surface area contributed by atoms with Crippen LogP contribution in [0.25, 0.3) is 0 Å². The molecule has 1 fully saturated rings. The fourth-order valence-electron chi connectivity index (χ4n) is 2.36. The molecular formula is C14H16Br2N2O3. The van der Waals surface area contributed by atoms with Gasteiger partial charge < -0.3 is 15.8 Å². The molecule has 1 saturated heterocycles. The Morgan fingerprint density at radius 2 is 1.95 bits per heavy atom. The number of carbonyl (C=O) groups is 2. The van der Waals surface area contributed by atoms with Crippen molar-refractivity contribution in [2.45, 2.75) is 18.9 Å². The Labute approximate surface area is 139 Å². The molecule has 2 unspecified atom stereocenters. The molecule has 0 aromatic heterocycles. The van der Waals surface area contributed by atoms with Gasteiger partial charge in [0, 0.05) is 6.54 Å². The van der Waals surface area contributed by atoms with Crippen LogP contribution in [-0.4, -0.2) is 31.4 Å². The highest BCUT2D eigenvalue weighted by Gasteiger charge is 2.33. The first-order valence-corrected chi connectivity index (χ1v) is 8.11. The fraction of sp³-hybridized carbons (Fsp3) is 0.429. The van der Waals surface area contributed by atoms with E-state index in [1.54, 1.807) is 7.11 Å². The molecule has 0 aliphatic carbocycles. The molecule has 2 rings (SSSR count). The molecule has 0 spiro atoms. The SMILES string of the molecule is COc1c(Br)cc(CC2C(=O)NCCC(N)C2=O)cc1Br. The first kappa shape index (κ1) is 16.5. The monoisotopic (exact) mass is 418 g/mol. The summed E-state index contributed by atoms with van der Waals surface area (Å²) in [5.41, 5.74) is 6.67. The Morgan fingerprint density at radius 1 is 1.33 bits per heavy atom. The average molecular weight is 420 g/mol. The Bertz CT molecular complexity index is 554. The summed E-state index contributed by atoms with van der Waals surface area (Å²) in [5, 5.41) is 2.74. The van der Waals surface area contributed by atoms with Crippen LogP contribution in [0, 0.1) is 5.92 Å². The zero-order valence-corrected chi connectivity index (χ0v) is 14.7. The smallest absolute Gasteiger partial charge is 0.230 e. The third kappa shape index (κ3) is 3.64. The molecule has 3 N–H and O–H groups in total. The Hall–Kier alpha value is -0.920. The first-order chi connectivity index (χ1) is 9.93. The van der Waals surface area contributed by atoms with Crippen LogP contribution in [0.1, 0.15) is 12.0 Å². The van der Waals surface area contributed by atoms with Crippen molar-refractivity contribution in [2.75, 3.05) is 13.7 Å². The summed E-state index contributed by atoms with van der Waals surface area (Å²) in [7, 11) is 1.58. The maximum absolute atomic E-state index is 12.2. The van der Waals surface area contributed by atoms with E-state index in [2.05, 4.69) is 37.2 Å². The average Bonchev–Trinajstić information content (AvgIpc) is 2.53. The number of Topliss-reactive ketones (excluding diaryl/α,β-unsaturated/α-hetero) is 1. The number of hydrogen-bond acceptors (Lipinski definition) is 4. The second kappa shape index (κ2) is 6.89. The number of ketones is 1. The van der Waals surface area contributed by atoms with Gasteiger partial charge in [0.1, 0.15) is 11.7 Å². The Kier molecular flexibility index (Phi) is 5.40. The van der Waals surface area contributed by atoms with Gasteiger partial charge in [-0.05, 0) is 62.4 Å². The summed E-state index contributed by atoms with van der Waals surface area (Å²) in [5.74, 6) is -0.522. The van der Waals surface area contributed by atoms with E-state index in [9.17, 15) is 9.59 Å². The molecule has 2 atom stereocenters. The van der Waals surface area contributed by atoms with Gasteiger partial charge in [-0.1, -0.05) is 0 Å². The maximum atomic E-state index is 12.2. The zero-order valence-electron chi connectivity index (χ0n) is 11.5. The molecule has 0 saturated carbocycles. The number of methoxy groups -OCH3 is 1. The number of nitrogens with one attached hydrogen (secondary N) is 1. The number of nitrogens with two attached hydrogens (primary N) is 1. The first-order valence-electron chi connectivity index (χ1n) is 6.53.